The van der Waals surface area contributed by atoms with Gasteiger partial charge in [-0.2, -0.15) is 10.4 Å². The van der Waals surface area contributed by atoms with Crippen molar-refractivity contribution < 1.29 is 9.59 Å². The number of para-hydroxylation sites is 1. The van der Waals surface area contributed by atoms with E-state index in [0.29, 0.717) is 22.6 Å². The van der Waals surface area contributed by atoms with Crippen molar-refractivity contribution in [3.8, 4) is 11.8 Å². The maximum Gasteiger partial charge on any atom is 0.325 e. The van der Waals surface area contributed by atoms with Crippen molar-refractivity contribution in [1.82, 2.24) is 25.0 Å². The van der Waals surface area contributed by atoms with E-state index in [9.17, 15) is 14.9 Å². The molecule has 1 saturated heterocycles. The summed E-state index contributed by atoms with van der Waals surface area (Å²) in [7, 11) is 0. The van der Waals surface area contributed by atoms with Crippen molar-refractivity contribution in [2.75, 3.05) is 0 Å². The van der Waals surface area contributed by atoms with Gasteiger partial charge in [0.2, 0.25) is 0 Å². The van der Waals surface area contributed by atoms with Crippen LogP contribution in [0.1, 0.15) is 29.6 Å². The highest BCUT2D eigenvalue weighted by Gasteiger charge is 2.50. The Morgan fingerprint density at radius 1 is 1.14 bits per heavy atom. The van der Waals surface area contributed by atoms with Crippen molar-refractivity contribution in [2.45, 2.75) is 25.9 Å². The first-order valence-electron chi connectivity index (χ1n) is 9.05. The molecule has 1 unspecified atom stereocenters. The number of carbonyl (C=O) groups excluding carboxylic acids is 2. The summed E-state index contributed by atoms with van der Waals surface area (Å²) >= 11 is 0. The van der Waals surface area contributed by atoms with E-state index in [4.69, 9.17) is 0 Å². The highest BCUT2D eigenvalue weighted by molar-refractivity contribution is 6.06. The van der Waals surface area contributed by atoms with Gasteiger partial charge in [0.05, 0.1) is 34.9 Å². The van der Waals surface area contributed by atoms with Crippen molar-refractivity contribution in [3.05, 3.63) is 77.4 Å². The molecule has 3 amide bonds. The van der Waals surface area contributed by atoms with Crippen LogP contribution in [-0.2, 0) is 16.9 Å². The summed E-state index contributed by atoms with van der Waals surface area (Å²) in [5.74, 6) is -0.427. The molecule has 0 aliphatic carbocycles. The number of benzene rings is 1. The van der Waals surface area contributed by atoms with E-state index < -0.39 is 17.5 Å². The highest BCUT2D eigenvalue weighted by atomic mass is 16.2. The topological polar surface area (TPSA) is 104 Å². The molecule has 0 radical (unpaired) electrons. The van der Waals surface area contributed by atoms with Gasteiger partial charge in [-0.15, -0.1) is 0 Å². The second kappa shape index (κ2) is 6.87. The largest absolute Gasteiger partial charge is 0.325 e. The second-order valence-corrected chi connectivity index (χ2v) is 6.93. The normalized spacial score (nSPS) is 18.6. The van der Waals surface area contributed by atoms with Crippen LogP contribution >= 0.6 is 0 Å². The van der Waals surface area contributed by atoms with E-state index in [2.05, 4.69) is 21.5 Å². The van der Waals surface area contributed by atoms with Crippen molar-refractivity contribution in [2.24, 2.45) is 0 Å². The molecule has 1 aromatic carbocycles. The molecule has 1 aliphatic heterocycles. The maximum atomic E-state index is 13.2. The molecular weight excluding hydrogens is 368 g/mol. The van der Waals surface area contributed by atoms with E-state index in [1.807, 2.05) is 30.3 Å². The number of aryl methyl sites for hydroxylation is 1. The number of hydrogen-bond acceptors (Lipinski definition) is 5. The van der Waals surface area contributed by atoms with Crippen LogP contribution in [0.3, 0.4) is 0 Å². The Morgan fingerprint density at radius 3 is 2.52 bits per heavy atom. The van der Waals surface area contributed by atoms with Crippen LogP contribution in [0.25, 0.3) is 5.69 Å². The number of urea groups is 1. The Kier molecular flexibility index (Phi) is 4.35. The smallest absolute Gasteiger partial charge is 0.318 e. The second-order valence-electron chi connectivity index (χ2n) is 6.93. The minimum Gasteiger partial charge on any atom is -0.318 e. The van der Waals surface area contributed by atoms with E-state index in [1.54, 1.807) is 42.9 Å². The third kappa shape index (κ3) is 2.93. The molecule has 29 heavy (non-hydrogen) atoms. The molecule has 4 rings (SSSR count). The molecule has 144 valence electrons. The Hall–Kier alpha value is -3.99. The molecule has 3 heterocycles. The molecule has 1 atom stereocenters. The van der Waals surface area contributed by atoms with Gasteiger partial charge in [0, 0.05) is 6.20 Å². The molecule has 8 nitrogen and oxygen atoms in total. The Balaban J connectivity index is 1.74. The summed E-state index contributed by atoms with van der Waals surface area (Å²) in [5, 5.41) is 16.8. The number of nitrogens with one attached hydrogen (secondary N) is 1. The lowest BCUT2D eigenvalue weighted by atomic mass is 9.97. The van der Waals surface area contributed by atoms with E-state index in [0.717, 1.165) is 10.6 Å². The zero-order valence-electron chi connectivity index (χ0n) is 16.0. The van der Waals surface area contributed by atoms with Gasteiger partial charge in [0.1, 0.15) is 6.07 Å². The van der Waals surface area contributed by atoms with Crippen molar-refractivity contribution in [1.29, 1.82) is 5.26 Å². The van der Waals surface area contributed by atoms with Gasteiger partial charge in [0.25, 0.3) is 5.91 Å². The summed E-state index contributed by atoms with van der Waals surface area (Å²) in [4.78, 5) is 31.2. The lowest BCUT2D eigenvalue weighted by Gasteiger charge is -2.21. The van der Waals surface area contributed by atoms with Crippen LogP contribution in [-0.4, -0.2) is 31.6 Å². The highest BCUT2D eigenvalue weighted by Crippen LogP contribution is 2.29. The van der Waals surface area contributed by atoms with E-state index in [1.165, 1.54) is 0 Å². The van der Waals surface area contributed by atoms with Crippen LogP contribution in [0.4, 0.5) is 4.79 Å². The van der Waals surface area contributed by atoms with Gasteiger partial charge in [-0.05, 0) is 38.1 Å². The Morgan fingerprint density at radius 2 is 1.86 bits per heavy atom. The molecule has 0 bridgehead atoms. The van der Waals surface area contributed by atoms with Gasteiger partial charge in [-0.1, -0.05) is 24.3 Å². The molecule has 1 N–H and O–H groups in total. The van der Waals surface area contributed by atoms with Crippen LogP contribution in [0.5, 0.6) is 0 Å². The predicted octanol–water partition coefficient (Wildman–Crippen LogP) is 2.41. The number of amides is 3. The molecule has 0 spiro atoms. The zero-order chi connectivity index (χ0) is 20.6. The molecular formula is C21H18N6O2. The summed E-state index contributed by atoms with van der Waals surface area (Å²) in [6.45, 7) is 3.28. The summed E-state index contributed by atoms with van der Waals surface area (Å²) in [6.07, 6.45) is 1.57. The van der Waals surface area contributed by atoms with Gasteiger partial charge in [-0.25, -0.2) is 9.48 Å². The molecule has 2 aromatic heterocycles. The number of rotatable bonds is 4. The zero-order valence-corrected chi connectivity index (χ0v) is 16.0. The molecule has 8 heteroatoms. The fourth-order valence-corrected chi connectivity index (χ4v) is 3.47. The SMILES string of the molecule is Cc1nn(-c2ccccc2)c(CN2C(=O)NC(C)(c3ccccn3)C2=O)c1C#N. The minimum absolute atomic E-state index is 0.0777. The van der Waals surface area contributed by atoms with Crippen molar-refractivity contribution >= 4 is 11.9 Å². The maximum absolute atomic E-state index is 13.2. The number of nitriles is 1. The van der Waals surface area contributed by atoms with E-state index >= 15 is 0 Å². The first-order chi connectivity index (χ1) is 14.0. The van der Waals surface area contributed by atoms with Crippen LogP contribution in [0.15, 0.2) is 54.7 Å². The fraction of sp³-hybridized carbons (Fsp3) is 0.190. The quantitative estimate of drug-likeness (QED) is 0.694. The lowest BCUT2D eigenvalue weighted by Crippen LogP contribution is -2.41. The summed E-state index contributed by atoms with van der Waals surface area (Å²) in [6, 6.07) is 16.1. The van der Waals surface area contributed by atoms with Crippen LogP contribution in [0, 0.1) is 18.3 Å². The van der Waals surface area contributed by atoms with E-state index in [-0.39, 0.29) is 6.54 Å². The van der Waals surface area contributed by atoms with Crippen molar-refractivity contribution in [3.63, 3.8) is 0 Å². The van der Waals surface area contributed by atoms with Gasteiger partial charge in [-0.3, -0.25) is 14.7 Å². The van der Waals surface area contributed by atoms with Gasteiger partial charge in [0.15, 0.2) is 5.54 Å². The number of aromatic nitrogens is 3. The lowest BCUT2D eigenvalue weighted by molar-refractivity contribution is -0.131. The number of carbonyl (C=O) groups is 2. The fourth-order valence-electron chi connectivity index (χ4n) is 3.47. The van der Waals surface area contributed by atoms with Gasteiger partial charge >= 0.3 is 6.03 Å². The average Bonchev–Trinajstić information content (AvgIpc) is 3.18. The summed E-state index contributed by atoms with van der Waals surface area (Å²) in [5.41, 5.74) is 1.29. The minimum atomic E-state index is -1.27. The number of nitrogens with zero attached hydrogens (tertiary/aromatic N) is 5. The third-order valence-corrected chi connectivity index (χ3v) is 5.03. The van der Waals surface area contributed by atoms with Crippen LogP contribution in [0.2, 0.25) is 0 Å². The predicted molar refractivity (Wildman–Crippen MR) is 104 cm³/mol. The Labute approximate surface area is 167 Å². The first kappa shape index (κ1) is 18.4. The number of hydrogen-bond donors (Lipinski definition) is 1. The average molecular weight is 386 g/mol. The first-order valence-corrected chi connectivity index (χ1v) is 9.05. The Bertz CT molecular complexity index is 1130. The molecule has 3 aromatic rings. The third-order valence-electron chi connectivity index (χ3n) is 5.03. The summed E-state index contributed by atoms with van der Waals surface area (Å²) < 4.78 is 1.60. The number of imide groups is 1. The molecule has 0 saturated carbocycles. The van der Waals surface area contributed by atoms with Crippen LogP contribution < -0.4 is 5.32 Å². The molecule has 1 aliphatic rings. The van der Waals surface area contributed by atoms with Gasteiger partial charge < -0.3 is 5.32 Å². The monoisotopic (exact) mass is 386 g/mol. The standard InChI is InChI=1S/C21H18N6O2/c1-14-16(12-22)17(27(25-14)15-8-4-3-5-9-15)13-26-19(28)21(2,24-20(26)29)18-10-6-7-11-23-18/h3-11H,13H2,1-2H3,(H,24,29). The molecule has 1 fully saturated rings. The number of pyridine rings is 1.